The summed E-state index contributed by atoms with van der Waals surface area (Å²) in [6.45, 7) is 0.489. The summed E-state index contributed by atoms with van der Waals surface area (Å²) in [5.74, 6) is -1.23. The highest BCUT2D eigenvalue weighted by Crippen LogP contribution is 2.16. The van der Waals surface area contributed by atoms with Crippen LogP contribution < -0.4 is 4.74 Å². The van der Waals surface area contributed by atoms with Crippen molar-refractivity contribution < 1.29 is 28.2 Å². The monoisotopic (exact) mass is 329 g/mol. The lowest BCUT2D eigenvalue weighted by atomic mass is 10.1. The minimum Gasteiger partial charge on any atom is -0.480 e. The van der Waals surface area contributed by atoms with Crippen LogP contribution in [0.15, 0.2) is 24.3 Å². The van der Waals surface area contributed by atoms with E-state index < -0.39 is 12.6 Å². The molecule has 0 fully saturated rings. The molecular weight excluding hydrogens is 308 g/mol. The van der Waals surface area contributed by atoms with Gasteiger partial charge in [-0.25, -0.2) is 0 Å². The number of carbonyl (C=O) groups excluding carboxylic acids is 1. The van der Waals surface area contributed by atoms with E-state index in [0.717, 1.165) is 5.56 Å². The molecule has 7 heteroatoms. The molecule has 0 saturated carbocycles. The smallest absolute Gasteiger partial charge is 0.387 e. The van der Waals surface area contributed by atoms with E-state index in [4.69, 9.17) is 5.11 Å². The molecule has 0 heterocycles. The molecule has 0 aliphatic carbocycles. The second-order valence-corrected chi connectivity index (χ2v) is 5.20. The molecular formula is C16H21F2NO4. The van der Waals surface area contributed by atoms with Crippen molar-refractivity contribution in [3.05, 3.63) is 29.8 Å². The Balaban J connectivity index is 2.60. The first-order chi connectivity index (χ1) is 10.8. The van der Waals surface area contributed by atoms with E-state index in [1.54, 1.807) is 19.1 Å². The zero-order valence-corrected chi connectivity index (χ0v) is 13.2. The summed E-state index contributed by atoms with van der Waals surface area (Å²) in [4.78, 5) is 24.4. The number of benzene rings is 1. The number of aliphatic carboxylic acids is 1. The van der Waals surface area contributed by atoms with Crippen LogP contribution in [0.25, 0.3) is 0 Å². The number of aryl methyl sites for hydroxylation is 1. The predicted molar refractivity (Wildman–Crippen MR) is 80.5 cm³/mol. The Bertz CT molecular complexity index is 519. The zero-order valence-electron chi connectivity index (χ0n) is 13.2. The van der Waals surface area contributed by atoms with Crippen molar-refractivity contribution in [1.29, 1.82) is 0 Å². The number of carbonyl (C=O) groups is 2. The number of ether oxygens (including phenoxy) is 1. The third-order valence-corrected chi connectivity index (χ3v) is 3.52. The highest BCUT2D eigenvalue weighted by molar-refractivity contribution is 5.81. The number of hydrogen-bond donors (Lipinski definition) is 1. The first-order valence-electron chi connectivity index (χ1n) is 7.38. The fourth-order valence-corrected chi connectivity index (χ4v) is 2.09. The van der Waals surface area contributed by atoms with Gasteiger partial charge < -0.3 is 14.7 Å². The fraction of sp³-hybridized carbons (Fsp3) is 0.500. The molecule has 0 aliphatic rings. The molecule has 0 bridgehead atoms. The number of alkyl halides is 2. The zero-order chi connectivity index (χ0) is 17.4. The van der Waals surface area contributed by atoms with Crippen molar-refractivity contribution in [2.24, 2.45) is 0 Å². The van der Waals surface area contributed by atoms with Crippen LogP contribution in [0.5, 0.6) is 5.75 Å². The highest BCUT2D eigenvalue weighted by atomic mass is 19.3. The van der Waals surface area contributed by atoms with Crippen molar-refractivity contribution in [2.45, 2.75) is 45.8 Å². The molecule has 1 aromatic carbocycles. The highest BCUT2D eigenvalue weighted by Gasteiger charge is 2.21. The molecule has 1 amide bonds. The van der Waals surface area contributed by atoms with Gasteiger partial charge in [0.2, 0.25) is 5.91 Å². The number of carboxylic acid groups (broad SMARTS) is 1. The summed E-state index contributed by atoms with van der Waals surface area (Å²) in [7, 11) is 0. The van der Waals surface area contributed by atoms with E-state index in [-0.39, 0.29) is 30.7 Å². The van der Waals surface area contributed by atoms with E-state index >= 15 is 0 Å². The van der Waals surface area contributed by atoms with Gasteiger partial charge >= 0.3 is 12.6 Å². The van der Waals surface area contributed by atoms with Crippen molar-refractivity contribution in [3.8, 4) is 5.75 Å². The minimum atomic E-state index is -2.87. The fourth-order valence-electron chi connectivity index (χ4n) is 2.09. The van der Waals surface area contributed by atoms with Gasteiger partial charge in [-0.1, -0.05) is 19.1 Å². The lowest BCUT2D eigenvalue weighted by molar-refractivity contribution is -0.146. The van der Waals surface area contributed by atoms with Crippen LogP contribution in [-0.2, 0) is 16.0 Å². The van der Waals surface area contributed by atoms with Gasteiger partial charge in [0, 0.05) is 12.5 Å². The quantitative estimate of drug-likeness (QED) is 0.756. The largest absolute Gasteiger partial charge is 0.480 e. The van der Waals surface area contributed by atoms with E-state index in [0.29, 0.717) is 12.8 Å². The maximum atomic E-state index is 12.2. The van der Waals surface area contributed by atoms with Gasteiger partial charge in [-0.15, -0.1) is 0 Å². The van der Waals surface area contributed by atoms with Crippen LogP contribution >= 0.6 is 0 Å². The van der Waals surface area contributed by atoms with Gasteiger partial charge in [0.1, 0.15) is 12.3 Å². The summed E-state index contributed by atoms with van der Waals surface area (Å²) in [5, 5.41) is 8.90. The number of halogens is 2. The molecule has 1 atom stereocenters. The number of hydrogen-bond acceptors (Lipinski definition) is 3. The molecule has 0 saturated heterocycles. The van der Waals surface area contributed by atoms with Gasteiger partial charge in [-0.3, -0.25) is 9.59 Å². The van der Waals surface area contributed by atoms with Gasteiger partial charge in [-0.05, 0) is 37.5 Å². The SMILES string of the molecule is CCC(C)N(CC(=O)O)C(=O)CCc1ccc(OC(F)F)cc1. The molecule has 128 valence electrons. The normalized spacial score (nSPS) is 12.0. The molecule has 5 nitrogen and oxygen atoms in total. The van der Waals surface area contributed by atoms with Crippen molar-refractivity contribution in [1.82, 2.24) is 4.90 Å². The summed E-state index contributed by atoms with van der Waals surface area (Å²) >= 11 is 0. The van der Waals surface area contributed by atoms with Crippen LogP contribution in [0.1, 0.15) is 32.3 Å². The van der Waals surface area contributed by atoms with Crippen molar-refractivity contribution in [2.75, 3.05) is 6.54 Å². The second-order valence-electron chi connectivity index (χ2n) is 5.20. The Labute approximate surface area is 133 Å². The molecule has 1 aromatic rings. The first-order valence-corrected chi connectivity index (χ1v) is 7.38. The van der Waals surface area contributed by atoms with Crippen molar-refractivity contribution >= 4 is 11.9 Å². The minimum absolute atomic E-state index is 0.0576. The van der Waals surface area contributed by atoms with Crippen LogP contribution in [0, 0.1) is 0 Å². The molecule has 23 heavy (non-hydrogen) atoms. The maximum absolute atomic E-state index is 12.2. The summed E-state index contributed by atoms with van der Waals surface area (Å²) in [6, 6.07) is 5.89. The van der Waals surface area contributed by atoms with E-state index in [9.17, 15) is 18.4 Å². The Morgan fingerprint density at radius 1 is 1.26 bits per heavy atom. The molecule has 0 radical (unpaired) electrons. The van der Waals surface area contributed by atoms with Crippen LogP contribution in [-0.4, -0.2) is 41.1 Å². The van der Waals surface area contributed by atoms with E-state index in [1.807, 2.05) is 6.92 Å². The summed E-state index contributed by atoms with van der Waals surface area (Å²) in [6.07, 6.45) is 1.23. The lowest BCUT2D eigenvalue weighted by Gasteiger charge is -2.27. The molecule has 1 rings (SSSR count). The van der Waals surface area contributed by atoms with E-state index in [2.05, 4.69) is 4.74 Å². The summed E-state index contributed by atoms with van der Waals surface area (Å²) < 4.78 is 28.4. The topological polar surface area (TPSA) is 66.8 Å². The Morgan fingerprint density at radius 3 is 2.35 bits per heavy atom. The molecule has 0 aromatic heterocycles. The van der Waals surface area contributed by atoms with Gasteiger partial charge in [0.05, 0.1) is 0 Å². The average molecular weight is 329 g/mol. The Kier molecular flexibility index (Phi) is 7.44. The van der Waals surface area contributed by atoms with Gasteiger partial charge in [0.15, 0.2) is 0 Å². The Hall–Kier alpha value is -2.18. The lowest BCUT2D eigenvalue weighted by Crippen LogP contribution is -2.41. The van der Waals surface area contributed by atoms with Crippen LogP contribution in [0.4, 0.5) is 8.78 Å². The number of rotatable bonds is 9. The van der Waals surface area contributed by atoms with Gasteiger partial charge in [0.25, 0.3) is 0 Å². The molecule has 1 N–H and O–H groups in total. The second kappa shape index (κ2) is 9.07. The predicted octanol–water partition coefficient (Wildman–Crippen LogP) is 2.93. The number of carboxylic acids is 1. The van der Waals surface area contributed by atoms with E-state index in [1.165, 1.54) is 17.0 Å². The van der Waals surface area contributed by atoms with Crippen LogP contribution in [0.2, 0.25) is 0 Å². The number of amides is 1. The van der Waals surface area contributed by atoms with Crippen molar-refractivity contribution in [3.63, 3.8) is 0 Å². The summed E-state index contributed by atoms with van der Waals surface area (Å²) in [5.41, 5.74) is 0.791. The van der Waals surface area contributed by atoms with Gasteiger partial charge in [-0.2, -0.15) is 8.78 Å². The number of nitrogens with zero attached hydrogens (tertiary/aromatic N) is 1. The molecule has 0 spiro atoms. The Morgan fingerprint density at radius 2 is 1.87 bits per heavy atom. The third-order valence-electron chi connectivity index (χ3n) is 3.52. The van der Waals surface area contributed by atoms with Crippen LogP contribution in [0.3, 0.4) is 0 Å². The standard InChI is InChI=1S/C16H21F2NO4/c1-3-11(2)19(10-15(21)22)14(20)9-6-12-4-7-13(8-5-12)23-16(17)18/h4-5,7-8,11,16H,3,6,9-10H2,1-2H3,(H,21,22). The average Bonchev–Trinajstić information content (AvgIpc) is 2.50. The molecule has 1 unspecified atom stereocenters. The first kappa shape index (κ1) is 18.9. The molecule has 0 aliphatic heterocycles. The maximum Gasteiger partial charge on any atom is 0.387 e. The third kappa shape index (κ3) is 6.63.